The Balaban J connectivity index is 1.31. The van der Waals surface area contributed by atoms with Gasteiger partial charge in [-0.05, 0) is 62.4 Å². The van der Waals surface area contributed by atoms with Crippen molar-refractivity contribution < 1.29 is 14.3 Å². The maximum absolute atomic E-state index is 12.2. The summed E-state index contributed by atoms with van der Waals surface area (Å²) in [5, 5.41) is 2.86. The summed E-state index contributed by atoms with van der Waals surface area (Å²) in [5.74, 6) is 0.210. The first-order valence-electron chi connectivity index (χ1n) is 13.9. The summed E-state index contributed by atoms with van der Waals surface area (Å²) in [6.07, 6.45) is 5.86. The number of likely N-dealkylation sites (N-methyl/N-ethyl adjacent to an activating group) is 1. The van der Waals surface area contributed by atoms with E-state index in [-0.39, 0.29) is 17.9 Å². The molecule has 2 saturated heterocycles. The molecule has 2 unspecified atom stereocenters. The minimum absolute atomic E-state index is 0.0113. The van der Waals surface area contributed by atoms with E-state index in [9.17, 15) is 4.79 Å². The summed E-state index contributed by atoms with van der Waals surface area (Å²) in [4.78, 5) is 26.3. The largest absolute Gasteiger partial charge is 0.462 e. The van der Waals surface area contributed by atoms with Crippen LogP contribution >= 0.6 is 11.6 Å². The van der Waals surface area contributed by atoms with Crippen LogP contribution in [0, 0.1) is 0 Å². The highest BCUT2D eigenvalue weighted by molar-refractivity contribution is 6.35. The number of hydrogen-bond acceptors (Lipinski definition) is 6. The smallest absolute Gasteiger partial charge is 0.316 e. The van der Waals surface area contributed by atoms with Crippen molar-refractivity contribution in [2.75, 3.05) is 33.3 Å². The maximum atomic E-state index is 12.2. The molecule has 2 aromatic carbocycles. The first-order valence-corrected chi connectivity index (χ1v) is 14.3. The molecule has 3 aliphatic rings. The molecule has 0 saturated carbocycles. The van der Waals surface area contributed by atoms with Gasteiger partial charge < -0.3 is 19.3 Å². The summed E-state index contributed by atoms with van der Waals surface area (Å²) in [5.41, 5.74) is 4.14. The van der Waals surface area contributed by atoms with E-state index < -0.39 is 0 Å². The second-order valence-corrected chi connectivity index (χ2v) is 11.3. The number of carbonyl (C=O) groups excluding carboxylic acids is 1. The summed E-state index contributed by atoms with van der Waals surface area (Å²) in [6, 6.07) is 13.1. The lowest BCUT2D eigenvalue weighted by atomic mass is 9.87. The van der Waals surface area contributed by atoms with Crippen molar-refractivity contribution in [2.24, 2.45) is 0 Å². The van der Waals surface area contributed by atoms with E-state index in [1.807, 2.05) is 17.0 Å². The van der Waals surface area contributed by atoms with Crippen molar-refractivity contribution in [1.82, 2.24) is 19.8 Å². The number of rotatable bonds is 6. The zero-order valence-electron chi connectivity index (χ0n) is 22.4. The number of likely N-dealkylation sites (tertiary alicyclic amines) is 2. The monoisotopic (exact) mass is 546 g/mol. The number of halogens is 1. The van der Waals surface area contributed by atoms with Crippen LogP contribution in [-0.4, -0.2) is 65.0 Å². The Morgan fingerprint density at radius 3 is 2.69 bits per heavy atom. The van der Waals surface area contributed by atoms with E-state index in [0.717, 1.165) is 64.1 Å². The molecule has 204 valence electrons. The number of hydrogen-bond donors (Lipinski definition) is 0. The van der Waals surface area contributed by atoms with E-state index >= 15 is 0 Å². The fraction of sp³-hybridized carbons (Fsp3) is 0.452. The van der Waals surface area contributed by atoms with Crippen molar-refractivity contribution in [3.05, 3.63) is 76.6 Å². The van der Waals surface area contributed by atoms with Crippen molar-refractivity contribution >= 4 is 28.3 Å². The second kappa shape index (κ2) is 11.2. The third-order valence-corrected chi connectivity index (χ3v) is 8.90. The van der Waals surface area contributed by atoms with Crippen LogP contribution in [0.4, 0.5) is 0 Å². The molecule has 6 rings (SSSR count). The molecule has 0 aliphatic carbocycles. The number of aromatic nitrogens is 2. The van der Waals surface area contributed by atoms with Gasteiger partial charge in [-0.15, -0.1) is 0 Å². The van der Waals surface area contributed by atoms with Gasteiger partial charge in [0.25, 0.3) is 0 Å². The summed E-state index contributed by atoms with van der Waals surface area (Å²) in [6.45, 7) is 7.14. The lowest BCUT2D eigenvalue weighted by Crippen LogP contribution is -2.37. The van der Waals surface area contributed by atoms with Crippen LogP contribution in [0.1, 0.15) is 60.2 Å². The van der Waals surface area contributed by atoms with Crippen LogP contribution in [0.2, 0.25) is 5.02 Å². The number of ether oxygens (including phenoxy) is 2. The summed E-state index contributed by atoms with van der Waals surface area (Å²) < 4.78 is 12.8. The number of nitrogens with zero attached hydrogens (tertiary/aromatic N) is 4. The van der Waals surface area contributed by atoms with Crippen molar-refractivity contribution in [2.45, 2.75) is 56.8 Å². The van der Waals surface area contributed by atoms with Crippen LogP contribution in [0.15, 0.2) is 49.1 Å². The maximum Gasteiger partial charge on any atom is 0.316 e. The van der Waals surface area contributed by atoms with Crippen LogP contribution in [0.3, 0.4) is 0 Å². The van der Waals surface area contributed by atoms with E-state index in [1.165, 1.54) is 12.5 Å². The van der Waals surface area contributed by atoms with E-state index in [2.05, 4.69) is 42.8 Å². The third kappa shape index (κ3) is 5.28. The Bertz CT molecular complexity index is 1380. The van der Waals surface area contributed by atoms with Gasteiger partial charge in [0.05, 0.1) is 24.1 Å². The van der Waals surface area contributed by atoms with Gasteiger partial charge in [0.15, 0.2) is 0 Å². The number of amides is 1. The fourth-order valence-corrected chi connectivity index (χ4v) is 6.62. The minimum atomic E-state index is -0.162. The minimum Gasteiger partial charge on any atom is -0.462 e. The summed E-state index contributed by atoms with van der Waals surface area (Å²) >= 11 is 6.65. The molecule has 2 fully saturated rings. The van der Waals surface area contributed by atoms with Gasteiger partial charge in [0.2, 0.25) is 5.91 Å². The Morgan fingerprint density at radius 2 is 1.95 bits per heavy atom. The van der Waals surface area contributed by atoms with Crippen molar-refractivity contribution in [3.63, 3.8) is 0 Å². The Hall–Kier alpha value is -3.00. The molecule has 4 heterocycles. The SMILES string of the molecule is C=CC(=O)N1CCC(c2nc(OCC3CCCN3C)nc3c2COC(c2cccc4cccc(Cl)c24)C3)CC1. The van der Waals surface area contributed by atoms with Gasteiger partial charge in [-0.25, -0.2) is 0 Å². The lowest BCUT2D eigenvalue weighted by molar-refractivity contribution is -0.127. The number of benzene rings is 2. The van der Waals surface area contributed by atoms with Crippen LogP contribution in [-0.2, 0) is 22.6 Å². The standard InChI is InChI=1S/C31H35ClN4O3/c1-3-28(37)36-15-12-21(13-16-36)30-24-19-38-27(23-10-4-7-20-8-5-11-25(32)29(20)23)17-26(24)33-31(34-30)39-18-22-9-6-14-35(22)2/h3-5,7-8,10-11,21-22,27H,1,6,9,12-19H2,2H3. The molecule has 1 aromatic heterocycles. The van der Waals surface area contributed by atoms with Gasteiger partial charge in [-0.1, -0.05) is 48.5 Å². The lowest BCUT2D eigenvalue weighted by Gasteiger charge is -2.34. The highest BCUT2D eigenvalue weighted by Gasteiger charge is 2.32. The van der Waals surface area contributed by atoms with Gasteiger partial charge >= 0.3 is 6.01 Å². The Kier molecular flexibility index (Phi) is 7.56. The van der Waals surface area contributed by atoms with Crippen LogP contribution in [0.25, 0.3) is 10.8 Å². The average molecular weight is 547 g/mol. The van der Waals surface area contributed by atoms with Gasteiger partial charge in [0, 0.05) is 47.4 Å². The molecule has 3 aromatic rings. The molecule has 8 heteroatoms. The molecule has 0 N–H and O–H groups in total. The molecule has 39 heavy (non-hydrogen) atoms. The third-order valence-electron chi connectivity index (χ3n) is 8.59. The molecule has 0 radical (unpaired) electrons. The zero-order valence-corrected chi connectivity index (χ0v) is 23.2. The van der Waals surface area contributed by atoms with Crippen LogP contribution in [0.5, 0.6) is 6.01 Å². The quantitative estimate of drug-likeness (QED) is 0.382. The molecular formula is C31H35ClN4O3. The number of carbonyl (C=O) groups is 1. The summed E-state index contributed by atoms with van der Waals surface area (Å²) in [7, 11) is 2.15. The van der Waals surface area contributed by atoms with Gasteiger partial charge in [0.1, 0.15) is 6.61 Å². The van der Waals surface area contributed by atoms with Crippen molar-refractivity contribution in [1.29, 1.82) is 0 Å². The average Bonchev–Trinajstić information content (AvgIpc) is 3.39. The molecule has 0 bridgehead atoms. The number of piperidine rings is 1. The van der Waals surface area contributed by atoms with Crippen molar-refractivity contribution in [3.8, 4) is 6.01 Å². The van der Waals surface area contributed by atoms with E-state index in [1.54, 1.807) is 0 Å². The fourth-order valence-electron chi connectivity index (χ4n) is 6.33. The molecule has 2 atom stereocenters. The Labute approximate surface area is 234 Å². The number of fused-ring (bicyclic) bond motifs is 2. The Morgan fingerprint density at radius 1 is 1.15 bits per heavy atom. The molecule has 0 spiro atoms. The highest BCUT2D eigenvalue weighted by atomic mass is 35.5. The van der Waals surface area contributed by atoms with E-state index in [0.29, 0.717) is 44.8 Å². The first kappa shape index (κ1) is 26.2. The normalized spacial score (nSPS) is 22.2. The molecular weight excluding hydrogens is 512 g/mol. The van der Waals surface area contributed by atoms with E-state index in [4.69, 9.17) is 31.0 Å². The second-order valence-electron chi connectivity index (χ2n) is 10.9. The zero-order chi connectivity index (χ0) is 26.9. The molecule has 7 nitrogen and oxygen atoms in total. The van der Waals surface area contributed by atoms with Gasteiger partial charge in [-0.2, -0.15) is 9.97 Å². The topological polar surface area (TPSA) is 67.8 Å². The molecule has 3 aliphatic heterocycles. The predicted octanol–water partition coefficient (Wildman–Crippen LogP) is 5.46. The van der Waals surface area contributed by atoms with Gasteiger partial charge in [-0.3, -0.25) is 4.79 Å². The predicted molar refractivity (Wildman–Crippen MR) is 152 cm³/mol. The van der Waals surface area contributed by atoms with Crippen LogP contribution < -0.4 is 4.74 Å². The molecule has 1 amide bonds. The first-order chi connectivity index (χ1) is 19.0. The highest BCUT2D eigenvalue weighted by Crippen LogP contribution is 2.40.